The van der Waals surface area contributed by atoms with Gasteiger partial charge in [-0.25, -0.2) is 9.67 Å². The molecular weight excluding hydrogens is 234 g/mol. The normalized spacial score (nSPS) is 11.1. The Morgan fingerprint density at radius 1 is 1.35 bits per heavy atom. The van der Waals surface area contributed by atoms with E-state index < -0.39 is 0 Å². The summed E-state index contributed by atoms with van der Waals surface area (Å²) in [4.78, 5) is 4.24. The average Bonchev–Trinajstić information content (AvgIpc) is 2.96. The van der Waals surface area contributed by atoms with E-state index in [0.717, 1.165) is 28.0 Å². The van der Waals surface area contributed by atoms with E-state index in [9.17, 15) is 0 Å². The molecule has 1 aromatic carbocycles. The monoisotopic (exact) mass is 245 g/mol. The fraction of sp³-hybridized carbons (Fsp3) is 0.182. The summed E-state index contributed by atoms with van der Waals surface area (Å²) in [5.74, 6) is 0. The first-order valence-corrected chi connectivity index (χ1v) is 6.20. The molecule has 0 bridgehead atoms. The van der Waals surface area contributed by atoms with Crippen molar-refractivity contribution in [1.29, 1.82) is 0 Å². The van der Waals surface area contributed by atoms with E-state index >= 15 is 0 Å². The Morgan fingerprint density at radius 3 is 3.18 bits per heavy atom. The van der Waals surface area contributed by atoms with Gasteiger partial charge in [-0.15, -0.1) is 16.4 Å². The van der Waals surface area contributed by atoms with Gasteiger partial charge in [0.2, 0.25) is 0 Å². The van der Waals surface area contributed by atoms with Crippen molar-refractivity contribution >= 4 is 21.6 Å². The number of nitrogens with zero attached hydrogens (tertiary/aromatic N) is 4. The van der Waals surface area contributed by atoms with Crippen LogP contribution in [0.4, 0.5) is 0 Å². The number of aromatic nitrogens is 4. The van der Waals surface area contributed by atoms with Crippen LogP contribution in [0.2, 0.25) is 0 Å². The first-order valence-electron chi connectivity index (χ1n) is 5.32. The summed E-state index contributed by atoms with van der Waals surface area (Å²) in [5, 5.41) is 8.16. The molecule has 0 aliphatic rings. The van der Waals surface area contributed by atoms with Crippen LogP contribution in [-0.4, -0.2) is 26.5 Å². The Labute approximate surface area is 102 Å². The van der Waals surface area contributed by atoms with Gasteiger partial charge in [0.05, 0.1) is 33.3 Å². The Bertz CT molecular complexity index is 642. The van der Waals surface area contributed by atoms with Gasteiger partial charge in [-0.3, -0.25) is 0 Å². The number of rotatable bonds is 3. The maximum absolute atomic E-state index is 5.49. The van der Waals surface area contributed by atoms with Gasteiger partial charge in [-0.05, 0) is 24.7 Å². The van der Waals surface area contributed by atoms with E-state index in [1.807, 2.05) is 23.8 Å². The van der Waals surface area contributed by atoms with Crippen molar-refractivity contribution in [3.05, 3.63) is 35.6 Å². The number of benzene rings is 1. The second kappa shape index (κ2) is 4.23. The molecule has 6 heteroatoms. The average molecular weight is 245 g/mol. The molecule has 3 rings (SSSR count). The summed E-state index contributed by atoms with van der Waals surface area (Å²) in [6, 6.07) is 6.04. The molecule has 2 heterocycles. The Kier molecular flexibility index (Phi) is 2.58. The minimum absolute atomic E-state index is 0.590. The van der Waals surface area contributed by atoms with E-state index in [0.29, 0.717) is 6.54 Å². The SMILES string of the molecule is NCCc1cn(-c2ccc3ncsc3c2)nn1. The smallest absolute Gasteiger partial charge is 0.0844 e. The molecule has 5 nitrogen and oxygen atoms in total. The molecule has 0 amide bonds. The molecule has 0 fully saturated rings. The fourth-order valence-corrected chi connectivity index (χ4v) is 2.38. The Hall–Kier alpha value is -1.79. The van der Waals surface area contributed by atoms with Gasteiger partial charge in [-0.1, -0.05) is 5.21 Å². The number of fused-ring (bicyclic) bond motifs is 1. The number of thiazole rings is 1. The summed E-state index contributed by atoms with van der Waals surface area (Å²) in [6.07, 6.45) is 2.66. The number of hydrogen-bond donors (Lipinski definition) is 1. The van der Waals surface area contributed by atoms with Gasteiger partial charge >= 0.3 is 0 Å². The highest BCUT2D eigenvalue weighted by Crippen LogP contribution is 2.20. The van der Waals surface area contributed by atoms with Crippen molar-refractivity contribution in [2.24, 2.45) is 5.73 Å². The number of hydrogen-bond acceptors (Lipinski definition) is 5. The second-order valence-corrected chi connectivity index (χ2v) is 4.58. The second-order valence-electron chi connectivity index (χ2n) is 3.70. The van der Waals surface area contributed by atoms with E-state index in [4.69, 9.17) is 5.73 Å². The van der Waals surface area contributed by atoms with Crippen LogP contribution in [0.5, 0.6) is 0 Å². The molecule has 0 spiro atoms. The summed E-state index contributed by atoms with van der Waals surface area (Å²) in [5.41, 5.74) is 10.3. The minimum atomic E-state index is 0.590. The molecular formula is C11H11N5S. The molecule has 2 N–H and O–H groups in total. The standard InChI is InChI=1S/C11H11N5S/c12-4-3-8-6-16(15-14-8)9-1-2-10-11(5-9)17-7-13-10/h1-2,5-7H,3-4,12H2. The van der Waals surface area contributed by atoms with Gasteiger partial charge in [0.15, 0.2) is 0 Å². The van der Waals surface area contributed by atoms with Crippen LogP contribution in [0.25, 0.3) is 15.9 Å². The van der Waals surface area contributed by atoms with Gasteiger partial charge in [0.25, 0.3) is 0 Å². The van der Waals surface area contributed by atoms with Crippen LogP contribution in [0.3, 0.4) is 0 Å². The zero-order chi connectivity index (χ0) is 11.7. The predicted octanol–water partition coefficient (Wildman–Crippen LogP) is 1.38. The molecule has 3 aromatic rings. The highest BCUT2D eigenvalue weighted by molar-refractivity contribution is 7.16. The van der Waals surface area contributed by atoms with E-state index in [1.165, 1.54) is 0 Å². The fourth-order valence-electron chi connectivity index (χ4n) is 1.67. The Balaban J connectivity index is 2.00. The van der Waals surface area contributed by atoms with Crippen molar-refractivity contribution in [2.75, 3.05) is 6.54 Å². The van der Waals surface area contributed by atoms with Crippen molar-refractivity contribution in [3.8, 4) is 5.69 Å². The van der Waals surface area contributed by atoms with Gasteiger partial charge in [0.1, 0.15) is 0 Å². The summed E-state index contributed by atoms with van der Waals surface area (Å²) >= 11 is 1.62. The van der Waals surface area contributed by atoms with Crippen LogP contribution in [0.1, 0.15) is 5.69 Å². The number of nitrogens with two attached hydrogens (primary N) is 1. The molecule has 0 aliphatic heterocycles. The topological polar surface area (TPSA) is 69.6 Å². The molecule has 2 aromatic heterocycles. The zero-order valence-electron chi connectivity index (χ0n) is 9.08. The van der Waals surface area contributed by atoms with Crippen molar-refractivity contribution in [1.82, 2.24) is 20.0 Å². The molecule has 0 aliphatic carbocycles. The highest BCUT2D eigenvalue weighted by atomic mass is 32.1. The predicted molar refractivity (Wildman–Crippen MR) is 67.3 cm³/mol. The lowest BCUT2D eigenvalue weighted by Crippen LogP contribution is -2.02. The van der Waals surface area contributed by atoms with E-state index in [-0.39, 0.29) is 0 Å². The van der Waals surface area contributed by atoms with Crippen LogP contribution < -0.4 is 5.73 Å². The van der Waals surface area contributed by atoms with Gasteiger partial charge in [-0.2, -0.15) is 0 Å². The summed E-state index contributed by atoms with van der Waals surface area (Å²) in [7, 11) is 0. The largest absolute Gasteiger partial charge is 0.330 e. The third kappa shape index (κ3) is 1.92. The minimum Gasteiger partial charge on any atom is -0.330 e. The molecule has 0 radical (unpaired) electrons. The maximum Gasteiger partial charge on any atom is 0.0844 e. The van der Waals surface area contributed by atoms with Crippen molar-refractivity contribution < 1.29 is 0 Å². The zero-order valence-corrected chi connectivity index (χ0v) is 9.89. The lowest BCUT2D eigenvalue weighted by molar-refractivity contribution is 0.795. The molecule has 0 saturated heterocycles. The highest BCUT2D eigenvalue weighted by Gasteiger charge is 2.04. The molecule has 17 heavy (non-hydrogen) atoms. The first kappa shape index (κ1) is 10.4. The quantitative estimate of drug-likeness (QED) is 0.756. The lowest BCUT2D eigenvalue weighted by Gasteiger charge is -1.98. The van der Waals surface area contributed by atoms with Crippen molar-refractivity contribution in [3.63, 3.8) is 0 Å². The van der Waals surface area contributed by atoms with Crippen molar-refractivity contribution in [2.45, 2.75) is 6.42 Å². The van der Waals surface area contributed by atoms with E-state index in [2.05, 4.69) is 21.4 Å². The molecule has 0 unspecified atom stereocenters. The third-order valence-electron chi connectivity index (χ3n) is 2.52. The van der Waals surface area contributed by atoms with Crippen LogP contribution in [0.15, 0.2) is 29.9 Å². The molecule has 0 saturated carbocycles. The van der Waals surface area contributed by atoms with Gasteiger partial charge in [0, 0.05) is 6.42 Å². The summed E-state index contributed by atoms with van der Waals surface area (Å²) < 4.78 is 2.92. The van der Waals surface area contributed by atoms with E-state index in [1.54, 1.807) is 16.0 Å². The van der Waals surface area contributed by atoms with Crippen LogP contribution in [-0.2, 0) is 6.42 Å². The summed E-state index contributed by atoms with van der Waals surface area (Å²) in [6.45, 7) is 0.590. The molecule has 0 atom stereocenters. The maximum atomic E-state index is 5.49. The Morgan fingerprint density at radius 2 is 2.29 bits per heavy atom. The van der Waals surface area contributed by atoms with Gasteiger partial charge < -0.3 is 5.73 Å². The molecule has 86 valence electrons. The lowest BCUT2D eigenvalue weighted by atomic mass is 10.3. The third-order valence-corrected chi connectivity index (χ3v) is 3.31. The first-order chi connectivity index (χ1) is 8.36. The van der Waals surface area contributed by atoms with Crippen LogP contribution in [0, 0.1) is 0 Å². The van der Waals surface area contributed by atoms with Crippen LogP contribution >= 0.6 is 11.3 Å².